The molecule has 0 aromatic heterocycles. The SMILES string of the molecule is CCC(C)C1CNC(C(C)(C)C)CN1CC1CCOC1. The average Bonchev–Trinajstić information content (AvgIpc) is 2.89. The van der Waals surface area contributed by atoms with Crippen LogP contribution in [0.15, 0.2) is 0 Å². The molecule has 4 unspecified atom stereocenters. The van der Waals surface area contributed by atoms with Crippen molar-refractivity contribution in [1.29, 1.82) is 0 Å². The molecule has 20 heavy (non-hydrogen) atoms. The average molecular weight is 282 g/mol. The van der Waals surface area contributed by atoms with Gasteiger partial charge in [-0.2, -0.15) is 0 Å². The summed E-state index contributed by atoms with van der Waals surface area (Å²) in [5.74, 6) is 1.52. The molecule has 2 aliphatic rings. The smallest absolute Gasteiger partial charge is 0.0507 e. The Labute approximate surface area is 125 Å². The van der Waals surface area contributed by atoms with Crippen molar-refractivity contribution in [3.8, 4) is 0 Å². The topological polar surface area (TPSA) is 24.5 Å². The first-order chi connectivity index (χ1) is 9.41. The minimum Gasteiger partial charge on any atom is -0.381 e. The first-order valence-electron chi connectivity index (χ1n) is 8.47. The number of hydrogen-bond donors (Lipinski definition) is 1. The molecule has 0 amide bonds. The van der Waals surface area contributed by atoms with E-state index in [-0.39, 0.29) is 0 Å². The van der Waals surface area contributed by atoms with Gasteiger partial charge in [-0.05, 0) is 23.7 Å². The van der Waals surface area contributed by atoms with Gasteiger partial charge in [0, 0.05) is 38.3 Å². The van der Waals surface area contributed by atoms with E-state index in [2.05, 4.69) is 44.8 Å². The second-order valence-electron chi connectivity index (χ2n) is 7.96. The van der Waals surface area contributed by atoms with E-state index < -0.39 is 0 Å². The van der Waals surface area contributed by atoms with E-state index >= 15 is 0 Å². The molecular formula is C17H34N2O. The molecule has 0 spiro atoms. The van der Waals surface area contributed by atoms with Crippen LogP contribution in [-0.4, -0.2) is 49.8 Å². The third-order valence-corrected chi connectivity index (χ3v) is 5.32. The summed E-state index contributed by atoms with van der Waals surface area (Å²) < 4.78 is 5.57. The van der Waals surface area contributed by atoms with Gasteiger partial charge in [0.15, 0.2) is 0 Å². The lowest BCUT2D eigenvalue weighted by molar-refractivity contribution is 0.0440. The monoisotopic (exact) mass is 282 g/mol. The Hall–Kier alpha value is -0.120. The Morgan fingerprint density at radius 2 is 2.10 bits per heavy atom. The Balaban J connectivity index is 2.01. The van der Waals surface area contributed by atoms with Gasteiger partial charge >= 0.3 is 0 Å². The molecule has 0 aromatic carbocycles. The highest BCUT2D eigenvalue weighted by Gasteiger charge is 2.36. The van der Waals surface area contributed by atoms with Crippen LogP contribution in [0.4, 0.5) is 0 Å². The first kappa shape index (κ1) is 16.3. The van der Waals surface area contributed by atoms with Crippen molar-refractivity contribution in [1.82, 2.24) is 10.2 Å². The van der Waals surface area contributed by atoms with Crippen LogP contribution in [0, 0.1) is 17.3 Å². The molecule has 2 heterocycles. The minimum absolute atomic E-state index is 0.338. The van der Waals surface area contributed by atoms with Crippen molar-refractivity contribution >= 4 is 0 Å². The molecule has 2 fully saturated rings. The van der Waals surface area contributed by atoms with Crippen LogP contribution in [0.3, 0.4) is 0 Å². The van der Waals surface area contributed by atoms with Gasteiger partial charge in [-0.25, -0.2) is 0 Å². The van der Waals surface area contributed by atoms with E-state index in [4.69, 9.17) is 4.74 Å². The summed E-state index contributed by atoms with van der Waals surface area (Å²) in [5, 5.41) is 3.81. The summed E-state index contributed by atoms with van der Waals surface area (Å²) in [4.78, 5) is 2.76. The van der Waals surface area contributed by atoms with Crippen LogP contribution in [0.5, 0.6) is 0 Å². The van der Waals surface area contributed by atoms with Crippen molar-refractivity contribution in [3.05, 3.63) is 0 Å². The van der Waals surface area contributed by atoms with Gasteiger partial charge < -0.3 is 10.1 Å². The van der Waals surface area contributed by atoms with Gasteiger partial charge in [0.1, 0.15) is 0 Å². The highest BCUT2D eigenvalue weighted by molar-refractivity contribution is 4.94. The predicted octanol–water partition coefficient (Wildman–Crippen LogP) is 2.76. The molecule has 2 rings (SSSR count). The van der Waals surface area contributed by atoms with Crippen molar-refractivity contribution in [3.63, 3.8) is 0 Å². The molecule has 2 aliphatic heterocycles. The van der Waals surface area contributed by atoms with Crippen molar-refractivity contribution in [2.45, 2.75) is 59.5 Å². The van der Waals surface area contributed by atoms with E-state index in [9.17, 15) is 0 Å². The van der Waals surface area contributed by atoms with Crippen LogP contribution in [0.1, 0.15) is 47.5 Å². The van der Waals surface area contributed by atoms with Crippen molar-refractivity contribution in [2.24, 2.45) is 17.3 Å². The van der Waals surface area contributed by atoms with E-state index in [1.165, 1.54) is 25.9 Å². The fraction of sp³-hybridized carbons (Fsp3) is 1.00. The zero-order valence-electron chi connectivity index (χ0n) is 14.1. The second-order valence-corrected chi connectivity index (χ2v) is 7.96. The van der Waals surface area contributed by atoms with E-state index in [0.29, 0.717) is 17.5 Å². The van der Waals surface area contributed by atoms with Gasteiger partial charge in [0.2, 0.25) is 0 Å². The largest absolute Gasteiger partial charge is 0.381 e. The standard InChI is InChI=1S/C17H34N2O/c1-6-13(2)15-9-18-16(17(3,4)5)11-19(15)10-14-7-8-20-12-14/h13-16,18H,6-12H2,1-5H3. The van der Waals surface area contributed by atoms with E-state index in [1.54, 1.807) is 0 Å². The van der Waals surface area contributed by atoms with Crippen molar-refractivity contribution in [2.75, 3.05) is 32.8 Å². The number of piperazine rings is 1. The number of nitrogens with one attached hydrogen (secondary N) is 1. The molecule has 0 aliphatic carbocycles. The third kappa shape index (κ3) is 3.96. The minimum atomic E-state index is 0.338. The molecule has 4 atom stereocenters. The number of hydrogen-bond acceptors (Lipinski definition) is 3. The lowest BCUT2D eigenvalue weighted by Gasteiger charge is -2.47. The molecule has 3 nitrogen and oxygen atoms in total. The zero-order valence-corrected chi connectivity index (χ0v) is 14.1. The third-order valence-electron chi connectivity index (χ3n) is 5.32. The fourth-order valence-electron chi connectivity index (χ4n) is 3.51. The summed E-state index contributed by atoms with van der Waals surface area (Å²) >= 11 is 0. The second kappa shape index (κ2) is 6.76. The van der Waals surface area contributed by atoms with Crippen LogP contribution >= 0.6 is 0 Å². The molecule has 0 saturated carbocycles. The number of nitrogens with zero attached hydrogens (tertiary/aromatic N) is 1. The van der Waals surface area contributed by atoms with Gasteiger partial charge in [-0.1, -0.05) is 41.0 Å². The van der Waals surface area contributed by atoms with Gasteiger partial charge in [0.25, 0.3) is 0 Å². The summed E-state index contributed by atoms with van der Waals surface area (Å²) in [6, 6.07) is 1.30. The molecule has 1 N–H and O–H groups in total. The Morgan fingerprint density at radius 3 is 2.65 bits per heavy atom. The normalized spacial score (nSPS) is 34.4. The Bertz CT molecular complexity index is 294. The summed E-state index contributed by atoms with van der Waals surface area (Å²) in [6.07, 6.45) is 2.52. The molecule has 0 bridgehead atoms. The highest BCUT2D eigenvalue weighted by Crippen LogP contribution is 2.28. The quantitative estimate of drug-likeness (QED) is 0.858. The molecule has 2 saturated heterocycles. The van der Waals surface area contributed by atoms with Crippen LogP contribution in [-0.2, 0) is 4.74 Å². The Kier molecular flexibility index (Phi) is 5.49. The first-order valence-corrected chi connectivity index (χ1v) is 8.47. The number of rotatable bonds is 4. The van der Waals surface area contributed by atoms with Crippen LogP contribution in [0.2, 0.25) is 0 Å². The van der Waals surface area contributed by atoms with Crippen molar-refractivity contribution < 1.29 is 4.74 Å². The highest BCUT2D eigenvalue weighted by atomic mass is 16.5. The maximum absolute atomic E-state index is 5.57. The maximum atomic E-state index is 5.57. The fourth-order valence-corrected chi connectivity index (χ4v) is 3.51. The van der Waals surface area contributed by atoms with Gasteiger partial charge in [-0.15, -0.1) is 0 Å². The zero-order chi connectivity index (χ0) is 14.8. The summed E-state index contributed by atoms with van der Waals surface area (Å²) in [7, 11) is 0. The predicted molar refractivity (Wildman–Crippen MR) is 85.0 cm³/mol. The molecule has 118 valence electrons. The maximum Gasteiger partial charge on any atom is 0.0507 e. The molecule has 0 aromatic rings. The van der Waals surface area contributed by atoms with E-state index in [0.717, 1.165) is 31.6 Å². The van der Waals surface area contributed by atoms with Gasteiger partial charge in [0.05, 0.1) is 6.61 Å². The summed E-state index contributed by atoms with van der Waals surface area (Å²) in [6.45, 7) is 17.3. The molecular weight excluding hydrogens is 248 g/mol. The lowest BCUT2D eigenvalue weighted by Crippen LogP contribution is -2.62. The summed E-state index contributed by atoms with van der Waals surface area (Å²) in [5.41, 5.74) is 0.338. The Morgan fingerprint density at radius 1 is 1.35 bits per heavy atom. The van der Waals surface area contributed by atoms with Crippen LogP contribution in [0.25, 0.3) is 0 Å². The molecule has 3 heteroatoms. The van der Waals surface area contributed by atoms with Crippen LogP contribution < -0.4 is 5.32 Å². The number of ether oxygens (including phenoxy) is 1. The van der Waals surface area contributed by atoms with Gasteiger partial charge in [-0.3, -0.25) is 4.90 Å². The lowest BCUT2D eigenvalue weighted by atomic mass is 9.83. The molecule has 0 radical (unpaired) electrons. The van der Waals surface area contributed by atoms with E-state index in [1.807, 2.05) is 0 Å².